The van der Waals surface area contributed by atoms with Crippen molar-refractivity contribution in [3.05, 3.63) is 34.9 Å². The van der Waals surface area contributed by atoms with Gasteiger partial charge in [0.05, 0.1) is 28.6 Å². The minimum atomic E-state index is -3.80. The lowest BCUT2D eigenvalue weighted by molar-refractivity contribution is -0.164. The quantitative estimate of drug-likeness (QED) is 0.382. The highest BCUT2D eigenvalue weighted by atomic mass is 79.9. The summed E-state index contributed by atoms with van der Waals surface area (Å²) >= 11 is 3.25. The molecule has 0 saturated carbocycles. The number of esters is 2. The monoisotopic (exact) mass is 502 g/mol. The molecule has 3 N–H and O–H groups in total. The van der Waals surface area contributed by atoms with Gasteiger partial charge in [0.2, 0.25) is 28.1 Å². The van der Waals surface area contributed by atoms with Gasteiger partial charge in [0, 0.05) is 19.5 Å². The first-order valence-corrected chi connectivity index (χ1v) is 10.8. The zero-order valence-electron chi connectivity index (χ0n) is 16.0. The van der Waals surface area contributed by atoms with Crippen molar-refractivity contribution >= 4 is 49.5 Å². The molecule has 1 atom stereocenters. The summed E-state index contributed by atoms with van der Waals surface area (Å²) in [5.41, 5.74) is 0.502. The molecule has 30 heavy (non-hydrogen) atoms. The Hall–Kier alpha value is -2.77. The highest BCUT2D eigenvalue weighted by Gasteiger charge is 2.18. The van der Waals surface area contributed by atoms with Crippen molar-refractivity contribution in [1.29, 1.82) is 0 Å². The van der Waals surface area contributed by atoms with Gasteiger partial charge in [-0.05, 0) is 40.2 Å². The van der Waals surface area contributed by atoms with E-state index in [9.17, 15) is 18.0 Å². The SMILES string of the molecule is CC(=O)OCCC(OC(C)=O)Oc1nc(Nc2ccc(S(N)(=O)=O)cc2)ncc1Br. The second-order valence-electron chi connectivity index (χ2n) is 5.83. The van der Waals surface area contributed by atoms with Crippen LogP contribution < -0.4 is 15.2 Å². The lowest BCUT2D eigenvalue weighted by atomic mass is 10.3. The highest BCUT2D eigenvalue weighted by molar-refractivity contribution is 9.10. The summed E-state index contributed by atoms with van der Waals surface area (Å²) in [6.45, 7) is 2.46. The summed E-state index contributed by atoms with van der Waals surface area (Å²) < 4.78 is 38.6. The van der Waals surface area contributed by atoms with Gasteiger partial charge in [0.25, 0.3) is 0 Å². The molecule has 0 bridgehead atoms. The Labute approximate surface area is 181 Å². The molecule has 0 fully saturated rings. The Morgan fingerprint density at radius 2 is 1.87 bits per heavy atom. The number of hydrogen-bond acceptors (Lipinski definition) is 10. The fraction of sp³-hybridized carbons (Fsp3) is 0.294. The lowest BCUT2D eigenvalue weighted by Gasteiger charge is -2.19. The molecule has 2 aromatic rings. The van der Waals surface area contributed by atoms with Gasteiger partial charge in [-0.1, -0.05) is 0 Å². The van der Waals surface area contributed by atoms with E-state index in [4.69, 9.17) is 19.3 Å². The molecule has 162 valence electrons. The molecule has 0 radical (unpaired) electrons. The molecule has 0 aliphatic rings. The fourth-order valence-electron chi connectivity index (χ4n) is 2.10. The maximum Gasteiger partial charge on any atom is 0.305 e. The van der Waals surface area contributed by atoms with Crippen LogP contribution in [0.25, 0.3) is 0 Å². The molecule has 0 aliphatic heterocycles. The van der Waals surface area contributed by atoms with Crippen LogP contribution in [-0.2, 0) is 29.1 Å². The molecule has 13 heteroatoms. The number of carbonyl (C=O) groups excluding carboxylic acids is 2. The number of carbonyl (C=O) groups is 2. The zero-order chi connectivity index (χ0) is 22.3. The number of rotatable bonds is 9. The second kappa shape index (κ2) is 10.3. The van der Waals surface area contributed by atoms with Crippen molar-refractivity contribution in [3.8, 4) is 5.88 Å². The molecule has 0 spiro atoms. The van der Waals surface area contributed by atoms with E-state index in [-0.39, 0.29) is 29.8 Å². The van der Waals surface area contributed by atoms with Gasteiger partial charge in [-0.25, -0.2) is 18.5 Å². The van der Waals surface area contributed by atoms with Crippen LogP contribution in [0.3, 0.4) is 0 Å². The van der Waals surface area contributed by atoms with E-state index in [0.717, 1.165) is 0 Å². The van der Waals surface area contributed by atoms with Crippen LogP contribution in [0.4, 0.5) is 11.6 Å². The van der Waals surface area contributed by atoms with Gasteiger partial charge in [-0.2, -0.15) is 4.98 Å². The minimum Gasteiger partial charge on any atom is -0.466 e. The number of nitrogens with zero attached hydrogens (tertiary/aromatic N) is 2. The van der Waals surface area contributed by atoms with E-state index in [0.29, 0.717) is 10.2 Å². The number of nitrogens with one attached hydrogen (secondary N) is 1. The molecule has 1 aromatic carbocycles. The smallest absolute Gasteiger partial charge is 0.305 e. The molecule has 2 rings (SSSR count). The van der Waals surface area contributed by atoms with Gasteiger partial charge < -0.3 is 19.5 Å². The van der Waals surface area contributed by atoms with Crippen molar-refractivity contribution in [2.75, 3.05) is 11.9 Å². The molecular formula is C17H19BrN4O7S. The van der Waals surface area contributed by atoms with E-state index in [2.05, 4.69) is 31.2 Å². The fourth-order valence-corrected chi connectivity index (χ4v) is 2.90. The average Bonchev–Trinajstić information content (AvgIpc) is 2.63. The Kier molecular flexibility index (Phi) is 8.08. The minimum absolute atomic E-state index is 0.0164. The number of ether oxygens (including phenoxy) is 3. The molecular weight excluding hydrogens is 484 g/mol. The highest BCUT2D eigenvalue weighted by Crippen LogP contribution is 2.26. The molecule has 1 unspecified atom stereocenters. The summed E-state index contributed by atoms with van der Waals surface area (Å²) in [5, 5.41) is 7.96. The zero-order valence-corrected chi connectivity index (χ0v) is 18.4. The van der Waals surface area contributed by atoms with Crippen molar-refractivity contribution in [1.82, 2.24) is 9.97 Å². The first kappa shape index (κ1) is 23.5. The third-order valence-corrected chi connectivity index (χ3v) is 4.82. The normalized spacial score (nSPS) is 12.0. The first-order chi connectivity index (χ1) is 14.0. The maximum absolute atomic E-state index is 11.3. The van der Waals surface area contributed by atoms with E-state index in [1.807, 2.05) is 0 Å². The van der Waals surface area contributed by atoms with Crippen molar-refractivity contribution in [3.63, 3.8) is 0 Å². The molecule has 11 nitrogen and oxygen atoms in total. The summed E-state index contributed by atoms with van der Waals surface area (Å²) in [7, 11) is -3.80. The number of sulfonamides is 1. The number of aromatic nitrogens is 2. The topological polar surface area (TPSA) is 160 Å². The Bertz CT molecular complexity index is 1020. The summed E-state index contributed by atoms with van der Waals surface area (Å²) in [5.74, 6) is -0.845. The molecule has 1 aromatic heterocycles. The van der Waals surface area contributed by atoms with Gasteiger partial charge in [0.15, 0.2) is 0 Å². The van der Waals surface area contributed by atoms with E-state index in [1.165, 1.54) is 44.3 Å². The van der Waals surface area contributed by atoms with Crippen molar-refractivity contribution in [2.24, 2.45) is 5.14 Å². The second-order valence-corrected chi connectivity index (χ2v) is 8.24. The van der Waals surface area contributed by atoms with Crippen LogP contribution in [0, 0.1) is 0 Å². The lowest BCUT2D eigenvalue weighted by Crippen LogP contribution is -2.26. The Balaban J connectivity index is 2.14. The maximum atomic E-state index is 11.3. The van der Waals surface area contributed by atoms with Crippen LogP contribution in [-0.4, -0.2) is 43.2 Å². The number of primary sulfonamides is 1. The molecule has 0 amide bonds. The predicted molar refractivity (Wildman–Crippen MR) is 108 cm³/mol. The van der Waals surface area contributed by atoms with Crippen LogP contribution in [0.2, 0.25) is 0 Å². The predicted octanol–water partition coefficient (Wildman–Crippen LogP) is 1.85. The van der Waals surface area contributed by atoms with Crippen molar-refractivity contribution < 1.29 is 32.2 Å². The van der Waals surface area contributed by atoms with Crippen molar-refractivity contribution in [2.45, 2.75) is 31.5 Å². The van der Waals surface area contributed by atoms with Crippen LogP contribution in [0.5, 0.6) is 5.88 Å². The third kappa shape index (κ3) is 7.57. The first-order valence-electron chi connectivity index (χ1n) is 8.44. The summed E-state index contributed by atoms with van der Waals surface area (Å²) in [6, 6.07) is 5.65. The molecule has 1 heterocycles. The number of nitrogens with two attached hydrogens (primary N) is 1. The number of anilines is 2. The Morgan fingerprint density at radius 3 is 2.43 bits per heavy atom. The summed E-state index contributed by atoms with van der Waals surface area (Å²) in [6.07, 6.45) is 0.461. The van der Waals surface area contributed by atoms with E-state index in [1.54, 1.807) is 0 Å². The van der Waals surface area contributed by atoms with Gasteiger partial charge in [-0.3, -0.25) is 9.59 Å². The largest absolute Gasteiger partial charge is 0.466 e. The van der Waals surface area contributed by atoms with E-state index >= 15 is 0 Å². The standard InChI is InChI=1S/C17H19BrN4O7S/c1-10(23)27-8-7-15(28-11(2)24)29-16-14(18)9-20-17(22-16)21-12-3-5-13(6-4-12)30(19,25)26/h3-6,9,15H,7-8H2,1-2H3,(H2,19,25,26)(H,20,21,22). The van der Waals surface area contributed by atoms with Crippen LogP contribution >= 0.6 is 15.9 Å². The number of halogens is 1. The summed E-state index contributed by atoms with van der Waals surface area (Å²) in [4.78, 5) is 30.5. The number of hydrogen-bond donors (Lipinski definition) is 2. The van der Waals surface area contributed by atoms with E-state index < -0.39 is 28.3 Å². The number of benzene rings is 1. The van der Waals surface area contributed by atoms with Crippen LogP contribution in [0.1, 0.15) is 20.3 Å². The van der Waals surface area contributed by atoms with Gasteiger partial charge in [0.1, 0.15) is 0 Å². The molecule has 0 saturated heterocycles. The third-order valence-electron chi connectivity index (χ3n) is 3.35. The average molecular weight is 503 g/mol. The Morgan fingerprint density at radius 1 is 1.20 bits per heavy atom. The van der Waals surface area contributed by atoms with Gasteiger partial charge in [-0.15, -0.1) is 0 Å². The van der Waals surface area contributed by atoms with Gasteiger partial charge >= 0.3 is 11.9 Å². The molecule has 0 aliphatic carbocycles. The van der Waals surface area contributed by atoms with Crippen LogP contribution in [0.15, 0.2) is 39.8 Å².